The van der Waals surface area contributed by atoms with Crippen LogP contribution >= 0.6 is 0 Å². The Bertz CT molecular complexity index is 1330. The Morgan fingerprint density at radius 1 is 1.03 bits per heavy atom. The fourth-order valence-electron chi connectivity index (χ4n) is 5.51. The van der Waals surface area contributed by atoms with Crippen molar-refractivity contribution in [3.8, 4) is 0 Å². The minimum atomic E-state index is -0.568. The van der Waals surface area contributed by atoms with Gasteiger partial charge in [0.25, 0.3) is 0 Å². The number of rotatable bonds is 6. The number of pyridine rings is 1. The zero-order valence-corrected chi connectivity index (χ0v) is 22.1. The number of morpholine rings is 1. The van der Waals surface area contributed by atoms with Crippen LogP contribution in [0.15, 0.2) is 41.7 Å². The van der Waals surface area contributed by atoms with Crippen molar-refractivity contribution in [2.75, 3.05) is 49.5 Å². The van der Waals surface area contributed by atoms with Gasteiger partial charge in [-0.3, -0.25) is 9.89 Å². The second-order valence-electron chi connectivity index (χ2n) is 10.4. The molecule has 2 N–H and O–H groups in total. The van der Waals surface area contributed by atoms with Gasteiger partial charge in [-0.05, 0) is 43.7 Å². The zero-order chi connectivity index (χ0) is 26.9. The minimum absolute atomic E-state index is 0.0220. The fourth-order valence-corrected chi connectivity index (χ4v) is 5.51. The molecule has 1 aromatic carbocycles. The van der Waals surface area contributed by atoms with E-state index in [1.54, 1.807) is 18.6 Å². The number of ether oxygens (including phenoxy) is 1. The van der Waals surface area contributed by atoms with E-state index in [-0.39, 0.29) is 24.3 Å². The molecule has 0 aliphatic carbocycles. The molecule has 9 nitrogen and oxygen atoms in total. The Morgan fingerprint density at radius 2 is 1.77 bits per heavy atom. The summed E-state index contributed by atoms with van der Waals surface area (Å²) in [5, 5.41) is 6.52. The van der Waals surface area contributed by atoms with Crippen LogP contribution in [-0.2, 0) is 11.3 Å². The molecule has 39 heavy (non-hydrogen) atoms. The molecule has 3 aliphatic heterocycles. The van der Waals surface area contributed by atoms with Gasteiger partial charge in [0.05, 0.1) is 41.9 Å². The van der Waals surface area contributed by atoms with Crippen molar-refractivity contribution >= 4 is 29.4 Å². The molecule has 3 aliphatic rings. The molecular formula is C28H32F2N8O. The second kappa shape index (κ2) is 10.9. The van der Waals surface area contributed by atoms with Crippen molar-refractivity contribution in [3.63, 3.8) is 0 Å². The molecule has 1 unspecified atom stereocenters. The van der Waals surface area contributed by atoms with Crippen LogP contribution < -0.4 is 15.5 Å². The van der Waals surface area contributed by atoms with Crippen molar-refractivity contribution in [2.24, 2.45) is 4.99 Å². The quantitative estimate of drug-likeness (QED) is 0.494. The molecule has 0 bridgehead atoms. The first-order valence-corrected chi connectivity index (χ1v) is 13.4. The van der Waals surface area contributed by atoms with Gasteiger partial charge in [0.2, 0.25) is 5.95 Å². The van der Waals surface area contributed by atoms with E-state index in [1.165, 1.54) is 12.1 Å². The van der Waals surface area contributed by atoms with Gasteiger partial charge < -0.3 is 20.3 Å². The van der Waals surface area contributed by atoms with E-state index in [0.717, 1.165) is 37.7 Å². The summed E-state index contributed by atoms with van der Waals surface area (Å²) in [6.45, 7) is 9.13. The van der Waals surface area contributed by atoms with E-state index >= 15 is 8.78 Å². The van der Waals surface area contributed by atoms with Gasteiger partial charge in [0.15, 0.2) is 0 Å². The molecule has 0 saturated carbocycles. The normalized spacial score (nSPS) is 23.2. The summed E-state index contributed by atoms with van der Waals surface area (Å²) >= 11 is 0. The van der Waals surface area contributed by atoms with Crippen molar-refractivity contribution in [2.45, 2.75) is 38.5 Å². The molecule has 6 rings (SSSR count). The first-order chi connectivity index (χ1) is 18.9. The lowest BCUT2D eigenvalue weighted by Gasteiger charge is -2.35. The highest BCUT2D eigenvalue weighted by molar-refractivity contribution is 5.83. The van der Waals surface area contributed by atoms with Crippen LogP contribution in [0.3, 0.4) is 0 Å². The lowest BCUT2D eigenvalue weighted by molar-refractivity contribution is -0.0709. The fraction of sp³-hybridized carbons (Fsp3) is 0.429. The summed E-state index contributed by atoms with van der Waals surface area (Å²) in [4.78, 5) is 22.2. The summed E-state index contributed by atoms with van der Waals surface area (Å²) < 4.78 is 36.2. The third-order valence-corrected chi connectivity index (χ3v) is 7.30. The van der Waals surface area contributed by atoms with Crippen LogP contribution in [0.1, 0.15) is 36.6 Å². The molecule has 11 heteroatoms. The third-order valence-electron chi connectivity index (χ3n) is 7.30. The van der Waals surface area contributed by atoms with Gasteiger partial charge in [-0.1, -0.05) is 0 Å². The van der Waals surface area contributed by atoms with E-state index in [2.05, 4.69) is 35.5 Å². The molecule has 204 valence electrons. The second-order valence-corrected chi connectivity index (χ2v) is 10.4. The summed E-state index contributed by atoms with van der Waals surface area (Å²) in [6, 6.07) is 6.70. The van der Waals surface area contributed by atoms with E-state index in [1.807, 2.05) is 30.9 Å². The average molecular weight is 535 g/mol. The van der Waals surface area contributed by atoms with Crippen LogP contribution in [0.2, 0.25) is 0 Å². The Morgan fingerprint density at radius 3 is 2.46 bits per heavy atom. The van der Waals surface area contributed by atoms with E-state index in [9.17, 15) is 0 Å². The Kier molecular flexibility index (Phi) is 7.20. The number of hydrogen-bond donors (Lipinski definition) is 2. The van der Waals surface area contributed by atoms with E-state index < -0.39 is 17.6 Å². The molecule has 0 radical (unpaired) electrons. The maximum atomic E-state index is 15.2. The Hall–Kier alpha value is -3.54. The first-order valence-electron chi connectivity index (χ1n) is 13.4. The Labute approximate surface area is 226 Å². The van der Waals surface area contributed by atoms with Gasteiger partial charge >= 0.3 is 0 Å². The minimum Gasteiger partial charge on any atom is -0.373 e. The number of halogens is 2. The van der Waals surface area contributed by atoms with Crippen LogP contribution in [0.5, 0.6) is 0 Å². The molecule has 3 atom stereocenters. The number of nitrogens with zero attached hydrogens (tertiary/aromatic N) is 6. The predicted octanol–water partition coefficient (Wildman–Crippen LogP) is 3.76. The number of aliphatic imine (C=N–C) groups is 1. The van der Waals surface area contributed by atoms with Gasteiger partial charge in [-0.15, -0.1) is 0 Å². The van der Waals surface area contributed by atoms with Crippen LogP contribution in [0.4, 0.5) is 31.9 Å². The molecule has 5 heterocycles. The average Bonchev–Trinajstić information content (AvgIpc) is 3.34. The number of hydrogen-bond acceptors (Lipinski definition) is 9. The lowest BCUT2D eigenvalue weighted by Crippen LogP contribution is -2.45. The molecule has 0 spiro atoms. The maximum Gasteiger partial charge on any atom is 0.227 e. The molecule has 2 aromatic heterocycles. The number of aromatic nitrogens is 3. The smallest absolute Gasteiger partial charge is 0.227 e. The third kappa shape index (κ3) is 5.61. The zero-order valence-electron chi connectivity index (χ0n) is 22.1. The van der Waals surface area contributed by atoms with Crippen LogP contribution in [0.25, 0.3) is 0 Å². The molecule has 2 saturated heterocycles. The van der Waals surface area contributed by atoms with Gasteiger partial charge in [0, 0.05) is 57.6 Å². The lowest BCUT2D eigenvalue weighted by atomic mass is 9.95. The largest absolute Gasteiger partial charge is 0.373 e. The highest BCUT2D eigenvalue weighted by Crippen LogP contribution is 2.36. The summed E-state index contributed by atoms with van der Waals surface area (Å²) in [6.07, 6.45) is 5.07. The molecule has 3 aromatic rings. The van der Waals surface area contributed by atoms with E-state index in [4.69, 9.17) is 4.74 Å². The highest BCUT2D eigenvalue weighted by atomic mass is 19.1. The molecule has 2 fully saturated rings. The number of fused-ring (bicyclic) bond motifs is 1. The number of nitrogens with one attached hydrogen (secondary N) is 2. The van der Waals surface area contributed by atoms with Crippen molar-refractivity contribution < 1.29 is 13.5 Å². The van der Waals surface area contributed by atoms with E-state index in [0.29, 0.717) is 36.0 Å². The number of piperazine rings is 1. The van der Waals surface area contributed by atoms with Gasteiger partial charge in [-0.2, -0.15) is 0 Å². The van der Waals surface area contributed by atoms with Crippen molar-refractivity contribution in [1.29, 1.82) is 0 Å². The van der Waals surface area contributed by atoms with Gasteiger partial charge in [0.1, 0.15) is 23.1 Å². The van der Waals surface area contributed by atoms with Gasteiger partial charge in [-0.25, -0.2) is 23.7 Å². The summed E-state index contributed by atoms with van der Waals surface area (Å²) in [5.41, 5.74) is 2.46. The summed E-state index contributed by atoms with van der Waals surface area (Å²) in [5.74, 6) is -0.314. The van der Waals surface area contributed by atoms with Crippen LogP contribution in [-0.4, -0.2) is 77.5 Å². The predicted molar refractivity (Wildman–Crippen MR) is 146 cm³/mol. The summed E-state index contributed by atoms with van der Waals surface area (Å²) in [7, 11) is 0. The SMILES string of the molecule is C[C@@H]1CN(Cc2c(F)cc(C3C=Nc4cnc(Nc5ccc(N6CCNCC6)nc5)nc43)cc2F)C[C@H](C)O1. The maximum absolute atomic E-state index is 15.2. The highest BCUT2D eigenvalue weighted by Gasteiger charge is 2.28. The molecule has 0 amide bonds. The monoisotopic (exact) mass is 534 g/mol. The first kappa shape index (κ1) is 25.7. The number of anilines is 3. The van der Waals surface area contributed by atoms with Crippen molar-refractivity contribution in [3.05, 3.63) is 65.1 Å². The van der Waals surface area contributed by atoms with Crippen LogP contribution in [0, 0.1) is 11.6 Å². The molecular weight excluding hydrogens is 502 g/mol. The topological polar surface area (TPSA) is 90.8 Å². The van der Waals surface area contributed by atoms with Crippen molar-refractivity contribution in [1.82, 2.24) is 25.2 Å². The Balaban J connectivity index is 1.18. The standard InChI is InChI=1S/C28H32F2N8O/c1-17-14-37(15-18(2)39-17)16-22-23(29)9-19(10-24(22)30)21-12-32-25-13-34-28(36-27(21)25)35-20-3-4-26(33-11-20)38-7-5-31-6-8-38/h3-4,9-13,17-18,21,31H,5-8,14-16H2,1-2H3,(H,34,35,36)/t17-,18+,21?. The number of benzene rings is 1.